The zero-order chi connectivity index (χ0) is 33.1. The SMILES string of the molecule is CC1(C)c2ccccc2-c2c1cc1c3c2-c2cccc4cccc(c24)-c2cccc(c23)n1-c1ccc(-c2ccccc2-c2ccccc2)cc1. The van der Waals surface area contributed by atoms with Crippen molar-refractivity contribution in [3.05, 3.63) is 175 Å². The highest BCUT2D eigenvalue weighted by Gasteiger charge is 2.40. The quantitative estimate of drug-likeness (QED) is 0.182. The van der Waals surface area contributed by atoms with E-state index in [0.717, 1.165) is 0 Å². The van der Waals surface area contributed by atoms with Crippen LogP contribution < -0.4 is 0 Å². The van der Waals surface area contributed by atoms with Gasteiger partial charge in [0.05, 0.1) is 11.0 Å². The summed E-state index contributed by atoms with van der Waals surface area (Å²) in [6.07, 6.45) is 0. The Hall–Kier alpha value is -6.18. The number of nitrogens with zero attached hydrogens (tertiary/aromatic N) is 1. The molecule has 0 N–H and O–H groups in total. The summed E-state index contributed by atoms with van der Waals surface area (Å²) in [5.41, 5.74) is 19.4. The number of rotatable bonds is 3. The van der Waals surface area contributed by atoms with E-state index in [1.165, 1.54) is 105 Å². The van der Waals surface area contributed by atoms with E-state index in [4.69, 9.17) is 0 Å². The number of benzene rings is 8. The zero-order valence-corrected chi connectivity index (χ0v) is 28.0. The van der Waals surface area contributed by atoms with Crippen LogP contribution in [-0.2, 0) is 5.41 Å². The highest BCUT2D eigenvalue weighted by atomic mass is 15.0. The number of hydrogen-bond donors (Lipinski definition) is 0. The summed E-state index contributed by atoms with van der Waals surface area (Å²) in [6.45, 7) is 4.80. The maximum atomic E-state index is 2.53. The van der Waals surface area contributed by atoms with Gasteiger partial charge >= 0.3 is 0 Å². The van der Waals surface area contributed by atoms with Crippen LogP contribution in [0.5, 0.6) is 0 Å². The second-order valence-corrected chi connectivity index (χ2v) is 14.4. The maximum absolute atomic E-state index is 2.53. The molecule has 0 saturated heterocycles. The molecule has 1 nitrogen and oxygen atoms in total. The average molecular weight is 636 g/mol. The fourth-order valence-corrected chi connectivity index (χ4v) is 9.32. The lowest BCUT2D eigenvalue weighted by molar-refractivity contribution is 0.661. The van der Waals surface area contributed by atoms with Crippen LogP contribution in [0.15, 0.2) is 164 Å². The number of aromatic nitrogens is 1. The largest absolute Gasteiger partial charge is 0.309 e. The van der Waals surface area contributed by atoms with Crippen LogP contribution in [0.25, 0.3) is 93.9 Å². The molecule has 234 valence electrons. The first-order valence-corrected chi connectivity index (χ1v) is 17.6. The molecule has 0 bridgehead atoms. The van der Waals surface area contributed by atoms with Crippen LogP contribution in [0.1, 0.15) is 25.0 Å². The molecule has 2 aliphatic carbocycles. The van der Waals surface area contributed by atoms with Crippen LogP contribution >= 0.6 is 0 Å². The van der Waals surface area contributed by atoms with Crippen LogP contribution in [0.3, 0.4) is 0 Å². The molecule has 0 radical (unpaired) electrons. The fraction of sp³-hybridized carbons (Fsp3) is 0.0612. The molecule has 0 amide bonds. The van der Waals surface area contributed by atoms with Crippen molar-refractivity contribution in [2.24, 2.45) is 0 Å². The highest BCUT2D eigenvalue weighted by molar-refractivity contribution is 6.29. The third kappa shape index (κ3) is 3.56. The number of hydrogen-bond acceptors (Lipinski definition) is 0. The molecule has 8 aromatic carbocycles. The summed E-state index contributed by atoms with van der Waals surface area (Å²) in [5.74, 6) is 0. The Morgan fingerprint density at radius 1 is 0.380 bits per heavy atom. The lowest BCUT2D eigenvalue weighted by Gasteiger charge is -2.23. The zero-order valence-electron chi connectivity index (χ0n) is 28.0. The van der Waals surface area contributed by atoms with Crippen molar-refractivity contribution >= 4 is 32.6 Å². The summed E-state index contributed by atoms with van der Waals surface area (Å²) in [4.78, 5) is 0. The van der Waals surface area contributed by atoms with Gasteiger partial charge in [-0.2, -0.15) is 0 Å². The second-order valence-electron chi connectivity index (χ2n) is 14.4. The van der Waals surface area contributed by atoms with Gasteiger partial charge < -0.3 is 4.57 Å². The van der Waals surface area contributed by atoms with Gasteiger partial charge in [0.15, 0.2) is 0 Å². The molecule has 0 atom stereocenters. The first-order chi connectivity index (χ1) is 24.6. The molecule has 1 heterocycles. The molecule has 50 heavy (non-hydrogen) atoms. The molecule has 9 aromatic rings. The highest BCUT2D eigenvalue weighted by Crippen LogP contribution is 2.59. The van der Waals surface area contributed by atoms with Gasteiger partial charge in [0.25, 0.3) is 0 Å². The lowest BCUT2D eigenvalue weighted by atomic mass is 9.81. The summed E-state index contributed by atoms with van der Waals surface area (Å²) in [7, 11) is 0. The van der Waals surface area contributed by atoms with Gasteiger partial charge in [-0.15, -0.1) is 0 Å². The normalized spacial score (nSPS) is 13.6. The molecule has 1 heteroatoms. The van der Waals surface area contributed by atoms with Gasteiger partial charge in [-0.3, -0.25) is 0 Å². The first kappa shape index (κ1) is 27.7. The topological polar surface area (TPSA) is 4.93 Å². The minimum absolute atomic E-state index is 0.133. The van der Waals surface area contributed by atoms with E-state index in [-0.39, 0.29) is 5.41 Å². The van der Waals surface area contributed by atoms with Gasteiger partial charge in [0.1, 0.15) is 0 Å². The molecule has 0 unspecified atom stereocenters. The van der Waals surface area contributed by atoms with E-state index in [1.807, 2.05) is 0 Å². The summed E-state index contributed by atoms with van der Waals surface area (Å²) in [5, 5.41) is 5.33. The van der Waals surface area contributed by atoms with Crippen LogP contribution in [0.4, 0.5) is 0 Å². The Balaban J connectivity index is 1.24. The van der Waals surface area contributed by atoms with Crippen molar-refractivity contribution in [3.8, 4) is 61.3 Å². The Morgan fingerprint density at radius 2 is 0.960 bits per heavy atom. The molecule has 11 rings (SSSR count). The van der Waals surface area contributed by atoms with Crippen molar-refractivity contribution in [3.63, 3.8) is 0 Å². The Labute approximate surface area is 291 Å². The Morgan fingerprint density at radius 3 is 1.70 bits per heavy atom. The van der Waals surface area contributed by atoms with Crippen molar-refractivity contribution in [1.82, 2.24) is 4.57 Å². The van der Waals surface area contributed by atoms with Gasteiger partial charge in [-0.1, -0.05) is 153 Å². The monoisotopic (exact) mass is 635 g/mol. The predicted molar refractivity (Wildman–Crippen MR) is 211 cm³/mol. The van der Waals surface area contributed by atoms with E-state index in [9.17, 15) is 0 Å². The summed E-state index contributed by atoms with van der Waals surface area (Å²) in [6, 6.07) is 60.9. The van der Waals surface area contributed by atoms with E-state index in [2.05, 4.69) is 182 Å². The van der Waals surface area contributed by atoms with Crippen molar-refractivity contribution in [2.45, 2.75) is 19.3 Å². The first-order valence-electron chi connectivity index (χ1n) is 17.6. The molecule has 0 fully saturated rings. The van der Waals surface area contributed by atoms with Gasteiger partial charge in [-0.25, -0.2) is 0 Å². The van der Waals surface area contributed by atoms with E-state index in [1.54, 1.807) is 0 Å². The molecule has 0 aliphatic heterocycles. The van der Waals surface area contributed by atoms with Crippen molar-refractivity contribution < 1.29 is 0 Å². The van der Waals surface area contributed by atoms with Crippen molar-refractivity contribution in [1.29, 1.82) is 0 Å². The van der Waals surface area contributed by atoms with Gasteiger partial charge in [0, 0.05) is 27.4 Å². The minimum Gasteiger partial charge on any atom is -0.309 e. The van der Waals surface area contributed by atoms with E-state index in [0.29, 0.717) is 0 Å². The van der Waals surface area contributed by atoms with Gasteiger partial charge in [0.2, 0.25) is 0 Å². The third-order valence-corrected chi connectivity index (χ3v) is 11.5. The molecular weight excluding hydrogens is 603 g/mol. The van der Waals surface area contributed by atoms with Crippen LogP contribution in [0, 0.1) is 0 Å². The third-order valence-electron chi connectivity index (χ3n) is 11.5. The molecule has 0 spiro atoms. The fourth-order valence-electron chi connectivity index (χ4n) is 9.32. The average Bonchev–Trinajstić information content (AvgIpc) is 3.57. The Kier molecular flexibility index (Phi) is 5.51. The van der Waals surface area contributed by atoms with Crippen LogP contribution in [-0.4, -0.2) is 4.57 Å². The van der Waals surface area contributed by atoms with Gasteiger partial charge in [-0.05, 0) is 96.2 Å². The lowest BCUT2D eigenvalue weighted by Crippen LogP contribution is -2.15. The summed E-state index contributed by atoms with van der Waals surface area (Å²) < 4.78 is 2.53. The standard InChI is InChI=1S/C49H33N/c1-49(2)40-23-9-8-19-38(40)45-41(49)29-43-48-46-37(36-20-10-15-32-16-11-22-39(44(32)36)47(45)48)21-12-24-42(46)50(43)33-27-25-31(26-28-33)35-18-7-6-17-34(35)30-13-4-3-5-14-30/h3-29H,1-2H3. The molecule has 0 saturated carbocycles. The molecule has 1 aromatic heterocycles. The number of fused-ring (bicyclic) bond motifs is 6. The molecule has 2 aliphatic rings. The minimum atomic E-state index is -0.133. The van der Waals surface area contributed by atoms with Crippen molar-refractivity contribution in [2.75, 3.05) is 0 Å². The maximum Gasteiger partial charge on any atom is 0.0551 e. The van der Waals surface area contributed by atoms with Crippen LogP contribution in [0.2, 0.25) is 0 Å². The smallest absolute Gasteiger partial charge is 0.0551 e. The van der Waals surface area contributed by atoms with E-state index < -0.39 is 0 Å². The Bertz CT molecular complexity index is 2860. The predicted octanol–water partition coefficient (Wildman–Crippen LogP) is 13.2. The van der Waals surface area contributed by atoms with E-state index >= 15 is 0 Å². The summed E-state index contributed by atoms with van der Waals surface area (Å²) >= 11 is 0. The molecular formula is C49H33N. The second kappa shape index (κ2) is 9.94.